The van der Waals surface area contributed by atoms with Gasteiger partial charge in [0.1, 0.15) is 29.9 Å². The van der Waals surface area contributed by atoms with Gasteiger partial charge < -0.3 is 9.47 Å². The Kier molecular flexibility index (Phi) is 3.22. The molecule has 2 heterocycles. The Balaban J connectivity index is 2.00. The zero-order valence-corrected chi connectivity index (χ0v) is 14.7. The predicted molar refractivity (Wildman–Crippen MR) is 99.4 cm³/mol. The second-order valence-corrected chi connectivity index (χ2v) is 6.53. The molecule has 5 rings (SSSR count). The van der Waals surface area contributed by atoms with Crippen molar-refractivity contribution >= 4 is 27.6 Å². The lowest BCUT2D eigenvalue weighted by molar-refractivity contribution is -0.632. The van der Waals surface area contributed by atoms with Crippen LogP contribution < -0.4 is 9.30 Å². The van der Waals surface area contributed by atoms with Crippen molar-refractivity contribution in [2.45, 2.75) is 0 Å². The van der Waals surface area contributed by atoms with E-state index in [0.717, 1.165) is 39.0 Å². The van der Waals surface area contributed by atoms with Crippen LogP contribution >= 0.6 is 0 Å². The van der Waals surface area contributed by atoms with E-state index in [1.807, 2.05) is 54.1 Å². The summed E-state index contributed by atoms with van der Waals surface area (Å²) in [5, 5.41) is 2.52. The van der Waals surface area contributed by atoms with E-state index in [9.17, 15) is 9.18 Å². The van der Waals surface area contributed by atoms with E-state index in [1.165, 1.54) is 13.2 Å². The summed E-state index contributed by atoms with van der Waals surface area (Å²) in [7, 11) is 3.16. The van der Waals surface area contributed by atoms with Crippen LogP contribution in [0.3, 0.4) is 0 Å². The van der Waals surface area contributed by atoms with Gasteiger partial charge in [-0.2, -0.15) is 4.57 Å². The number of nitrogens with zero attached hydrogens (tertiary/aromatic N) is 1. The lowest BCUT2D eigenvalue weighted by Crippen LogP contribution is -2.33. The summed E-state index contributed by atoms with van der Waals surface area (Å²) in [5.41, 5.74) is 2.59. The summed E-state index contributed by atoms with van der Waals surface area (Å²) in [6.45, 7) is 0. The van der Waals surface area contributed by atoms with Crippen LogP contribution in [0.1, 0.15) is 10.4 Å². The fourth-order valence-corrected chi connectivity index (χ4v) is 3.88. The van der Waals surface area contributed by atoms with Crippen LogP contribution in [-0.2, 0) is 11.8 Å². The molecule has 4 nitrogen and oxygen atoms in total. The summed E-state index contributed by atoms with van der Waals surface area (Å²) in [5.74, 6) is 0.201. The van der Waals surface area contributed by atoms with Gasteiger partial charge in [-0.15, -0.1) is 0 Å². The number of rotatable bonds is 1. The number of halogens is 1. The highest BCUT2D eigenvalue weighted by molar-refractivity contribution is 6.13. The van der Waals surface area contributed by atoms with Crippen LogP contribution in [0.4, 0.5) is 4.39 Å². The molecule has 4 aromatic rings. The molecule has 0 N–H and O–H groups in total. The third-order valence-corrected chi connectivity index (χ3v) is 5.10. The topological polar surface area (TPSA) is 39.4 Å². The molecule has 27 heavy (non-hydrogen) atoms. The van der Waals surface area contributed by atoms with Crippen molar-refractivity contribution in [2.75, 3.05) is 7.11 Å². The van der Waals surface area contributed by atoms with Crippen molar-refractivity contribution in [3.05, 3.63) is 66.0 Å². The Labute approximate surface area is 154 Å². The minimum atomic E-state index is -0.694. The average molecular weight is 360 g/mol. The number of carbonyl (C=O) groups is 1. The quantitative estimate of drug-likeness (QED) is 0.251. The number of carbonyl (C=O) groups excluding carboxylic acids is 1. The van der Waals surface area contributed by atoms with E-state index in [2.05, 4.69) is 0 Å². The minimum Gasteiger partial charge on any atom is -0.465 e. The molecule has 0 atom stereocenters. The number of esters is 1. The van der Waals surface area contributed by atoms with Crippen molar-refractivity contribution in [3.8, 4) is 22.8 Å². The number of hydrogen-bond acceptors (Lipinski definition) is 3. The molecule has 1 aliphatic rings. The molecule has 0 spiro atoms. The number of hydrogen-bond donors (Lipinski definition) is 0. The molecule has 0 saturated carbocycles. The highest BCUT2D eigenvalue weighted by Gasteiger charge is 2.30. The number of ether oxygens (including phenoxy) is 2. The first kappa shape index (κ1) is 15.8. The molecule has 0 radical (unpaired) electrons. The van der Waals surface area contributed by atoms with Crippen molar-refractivity contribution < 1.29 is 23.2 Å². The molecule has 0 unspecified atom stereocenters. The number of fused-ring (bicyclic) bond motifs is 4. The first-order valence-electron chi connectivity index (χ1n) is 8.53. The highest BCUT2D eigenvalue weighted by atomic mass is 19.1. The molecule has 0 aliphatic carbocycles. The van der Waals surface area contributed by atoms with Gasteiger partial charge >= 0.3 is 5.97 Å². The van der Waals surface area contributed by atoms with Crippen LogP contribution in [0, 0.1) is 5.82 Å². The van der Waals surface area contributed by atoms with E-state index < -0.39 is 11.8 Å². The third-order valence-electron chi connectivity index (χ3n) is 5.10. The Morgan fingerprint density at radius 1 is 1.04 bits per heavy atom. The van der Waals surface area contributed by atoms with Crippen LogP contribution in [-0.4, -0.2) is 13.1 Å². The van der Waals surface area contributed by atoms with Gasteiger partial charge in [-0.05, 0) is 24.3 Å². The SMILES string of the molecule is COC(=O)c1cc2c(cc1F)c1cccc3c1c([n+]2C)-c1ccccc1O3. The molecule has 3 aromatic carbocycles. The van der Waals surface area contributed by atoms with Crippen LogP contribution in [0.25, 0.3) is 32.9 Å². The largest absolute Gasteiger partial charge is 0.465 e. The lowest BCUT2D eigenvalue weighted by Gasteiger charge is -2.20. The molecule has 1 aliphatic heterocycles. The fraction of sp³-hybridized carbons (Fsp3) is 0.0909. The van der Waals surface area contributed by atoms with Crippen LogP contribution in [0.15, 0.2) is 54.6 Å². The molecular weight excluding hydrogens is 345 g/mol. The highest BCUT2D eigenvalue weighted by Crippen LogP contribution is 2.46. The maximum atomic E-state index is 14.6. The smallest absolute Gasteiger partial charge is 0.341 e. The van der Waals surface area contributed by atoms with E-state index in [1.54, 1.807) is 6.07 Å². The maximum absolute atomic E-state index is 14.6. The summed E-state index contributed by atoms with van der Waals surface area (Å²) < 4.78 is 27.4. The Morgan fingerprint density at radius 2 is 1.81 bits per heavy atom. The van der Waals surface area contributed by atoms with Gasteiger partial charge in [0.2, 0.25) is 11.2 Å². The second-order valence-electron chi connectivity index (χ2n) is 6.53. The molecule has 0 saturated heterocycles. The monoisotopic (exact) mass is 360 g/mol. The third kappa shape index (κ3) is 2.08. The van der Waals surface area contributed by atoms with E-state index in [-0.39, 0.29) is 5.56 Å². The van der Waals surface area contributed by atoms with Crippen molar-refractivity contribution in [3.63, 3.8) is 0 Å². The number of benzene rings is 3. The molecule has 0 bridgehead atoms. The van der Waals surface area contributed by atoms with E-state index in [4.69, 9.17) is 9.47 Å². The van der Waals surface area contributed by atoms with Gasteiger partial charge in [0, 0.05) is 11.5 Å². The van der Waals surface area contributed by atoms with Gasteiger partial charge in [0.15, 0.2) is 0 Å². The molecule has 0 amide bonds. The van der Waals surface area contributed by atoms with Gasteiger partial charge in [0.05, 0.1) is 23.4 Å². The number of aryl methyl sites for hydroxylation is 1. The fourth-order valence-electron chi connectivity index (χ4n) is 3.88. The normalized spacial score (nSPS) is 12.0. The molecule has 5 heteroatoms. The van der Waals surface area contributed by atoms with Gasteiger partial charge in [-0.1, -0.05) is 24.3 Å². The minimum absolute atomic E-state index is 0.0800. The number of pyridine rings is 1. The second kappa shape index (κ2) is 5.51. The van der Waals surface area contributed by atoms with Crippen molar-refractivity contribution in [1.29, 1.82) is 0 Å². The molecule has 132 valence electrons. The summed E-state index contributed by atoms with van der Waals surface area (Å²) in [6.07, 6.45) is 0. The average Bonchev–Trinajstić information content (AvgIpc) is 2.69. The van der Waals surface area contributed by atoms with E-state index in [0.29, 0.717) is 5.39 Å². The summed E-state index contributed by atoms with van der Waals surface area (Å²) in [4.78, 5) is 12.0. The number of aromatic nitrogens is 1. The van der Waals surface area contributed by atoms with Crippen molar-refractivity contribution in [2.24, 2.45) is 7.05 Å². The van der Waals surface area contributed by atoms with Gasteiger partial charge in [0.25, 0.3) is 0 Å². The standard InChI is InChI=1S/C22H15FNO3/c1-24-17-11-15(22(25)26-2)16(23)10-14(17)12-7-5-9-19-20(12)21(24)13-6-3-4-8-18(13)27-19/h3-11H,1-2H3/q+1. The van der Waals surface area contributed by atoms with Gasteiger partial charge in [-0.3, -0.25) is 0 Å². The number of methoxy groups -OCH3 is 1. The van der Waals surface area contributed by atoms with E-state index >= 15 is 0 Å². The zero-order chi connectivity index (χ0) is 18.7. The Hall–Kier alpha value is -3.47. The summed E-state index contributed by atoms with van der Waals surface area (Å²) >= 11 is 0. The van der Waals surface area contributed by atoms with Crippen LogP contribution in [0.2, 0.25) is 0 Å². The molecule has 0 fully saturated rings. The number of para-hydroxylation sites is 1. The maximum Gasteiger partial charge on any atom is 0.341 e. The lowest BCUT2D eigenvalue weighted by atomic mass is 9.95. The summed E-state index contributed by atoms with van der Waals surface area (Å²) in [6, 6.07) is 16.5. The van der Waals surface area contributed by atoms with Gasteiger partial charge in [-0.25, -0.2) is 9.18 Å². The zero-order valence-electron chi connectivity index (χ0n) is 14.7. The Bertz CT molecular complexity index is 1280. The Morgan fingerprint density at radius 3 is 2.63 bits per heavy atom. The molecule has 1 aromatic heterocycles. The van der Waals surface area contributed by atoms with Crippen LogP contribution in [0.5, 0.6) is 11.5 Å². The molecular formula is C22H15FNO3+. The first-order valence-corrected chi connectivity index (χ1v) is 8.53. The predicted octanol–water partition coefficient (Wildman–Crippen LogP) is 4.52. The first-order chi connectivity index (χ1) is 13.1. The van der Waals surface area contributed by atoms with Crippen molar-refractivity contribution in [1.82, 2.24) is 0 Å².